The summed E-state index contributed by atoms with van der Waals surface area (Å²) >= 11 is 3.74. The topological polar surface area (TPSA) is 64.7 Å². The van der Waals surface area contributed by atoms with Gasteiger partial charge in [0.05, 0.1) is 27.4 Å². The monoisotopic (exact) mass is 533 g/mol. The number of anilines is 1. The van der Waals surface area contributed by atoms with E-state index in [1.54, 1.807) is 0 Å². The second kappa shape index (κ2) is 9.34. The molecule has 2 N–H and O–H groups in total. The maximum Gasteiger partial charge on any atom is 0.220 e. The molecule has 4 heterocycles. The van der Waals surface area contributed by atoms with Gasteiger partial charge >= 0.3 is 0 Å². The first-order valence-corrected chi connectivity index (χ1v) is 14.9. The molecule has 4 nitrogen and oxygen atoms in total. The van der Waals surface area contributed by atoms with Crippen LogP contribution in [0.15, 0.2) is 121 Å². The minimum absolute atomic E-state index is 0.130. The maximum absolute atomic E-state index is 6.03. The lowest BCUT2D eigenvalue weighted by molar-refractivity contribution is 1.06. The van der Waals surface area contributed by atoms with Gasteiger partial charge in [0, 0.05) is 37.6 Å². The summed E-state index contributed by atoms with van der Waals surface area (Å²) in [5.41, 5.74) is 11.7. The molecule has 6 aromatic rings. The van der Waals surface area contributed by atoms with Crippen molar-refractivity contribution in [3.8, 4) is 16.2 Å². The van der Waals surface area contributed by atoms with E-state index in [0.29, 0.717) is 6.42 Å². The fourth-order valence-corrected chi connectivity index (χ4v) is 8.95. The fourth-order valence-electron chi connectivity index (χ4n) is 4.52. The minimum Gasteiger partial charge on any atom is -0.368 e. The molecular formula is C30H21N4S3+. The van der Waals surface area contributed by atoms with Gasteiger partial charge in [-0.05, 0) is 42.0 Å². The molecule has 0 saturated carbocycles. The Morgan fingerprint density at radius 2 is 1.49 bits per heavy atom. The molecule has 0 amide bonds. The molecule has 0 saturated heterocycles. The van der Waals surface area contributed by atoms with Crippen molar-refractivity contribution in [3.63, 3.8) is 0 Å². The molecule has 3 aromatic carbocycles. The number of nitrogen functional groups attached to an aromatic ring is 1. The molecule has 0 bridgehead atoms. The third-order valence-electron chi connectivity index (χ3n) is 6.27. The second-order valence-electron chi connectivity index (χ2n) is 8.74. The summed E-state index contributed by atoms with van der Waals surface area (Å²) in [6, 6.07) is 31.8. The Morgan fingerprint density at radius 1 is 0.703 bits per heavy atom. The summed E-state index contributed by atoms with van der Waals surface area (Å²) < 4.78 is 0. The number of pyridine rings is 1. The average Bonchev–Trinajstić information content (AvgIpc) is 3.42. The van der Waals surface area contributed by atoms with Crippen LogP contribution in [0.4, 0.5) is 5.95 Å². The standard InChI is InChI=1S/C30H21N4S3/c31-30-33-22-14-13-21(32-28(22)23(34-30)17-19-7-2-1-3-8-19)20-15-16-37(18-20)27-12-6-11-26-29(27)36-25-10-5-4-9-24(25)35-26/h1-16,18H,17H2,(H2,31,33,34)/q+1. The van der Waals surface area contributed by atoms with Crippen molar-refractivity contribution in [1.82, 2.24) is 15.0 Å². The molecule has 1 unspecified atom stereocenters. The molecule has 0 spiro atoms. The lowest BCUT2D eigenvalue weighted by Gasteiger charge is -2.17. The minimum atomic E-state index is -0.130. The van der Waals surface area contributed by atoms with E-state index in [0.717, 1.165) is 28.0 Å². The molecule has 178 valence electrons. The second-order valence-corrected chi connectivity index (χ2v) is 12.6. The van der Waals surface area contributed by atoms with Gasteiger partial charge < -0.3 is 5.73 Å². The number of fused-ring (bicyclic) bond motifs is 3. The molecule has 0 radical (unpaired) electrons. The summed E-state index contributed by atoms with van der Waals surface area (Å²) in [6.07, 6.45) is 0.659. The van der Waals surface area contributed by atoms with Gasteiger partial charge in [0.15, 0.2) is 10.3 Å². The van der Waals surface area contributed by atoms with Gasteiger partial charge in [-0.1, -0.05) is 72.1 Å². The van der Waals surface area contributed by atoms with Crippen molar-refractivity contribution in [2.45, 2.75) is 26.0 Å². The Kier molecular flexibility index (Phi) is 5.69. The van der Waals surface area contributed by atoms with Crippen LogP contribution in [-0.4, -0.2) is 15.0 Å². The third kappa shape index (κ3) is 4.29. The zero-order valence-corrected chi connectivity index (χ0v) is 22.1. The van der Waals surface area contributed by atoms with Gasteiger partial charge in [-0.3, -0.25) is 0 Å². The third-order valence-corrected chi connectivity index (χ3v) is 10.8. The summed E-state index contributed by atoms with van der Waals surface area (Å²) in [4.78, 5) is 20.7. The molecule has 1 aliphatic rings. The molecule has 1 aliphatic heterocycles. The molecule has 0 aliphatic carbocycles. The van der Waals surface area contributed by atoms with Gasteiger partial charge in [-0.25, -0.2) is 15.0 Å². The summed E-state index contributed by atoms with van der Waals surface area (Å²) in [5.74, 6) is 0.278. The number of hydrogen-bond donors (Lipinski definition) is 1. The van der Waals surface area contributed by atoms with E-state index in [-0.39, 0.29) is 16.4 Å². The van der Waals surface area contributed by atoms with Crippen LogP contribution in [0.1, 0.15) is 11.3 Å². The molecule has 7 heteroatoms. The highest BCUT2D eigenvalue weighted by Gasteiger charge is 2.25. The highest BCUT2D eigenvalue weighted by Crippen LogP contribution is 2.53. The van der Waals surface area contributed by atoms with Crippen LogP contribution >= 0.6 is 34.0 Å². The normalized spacial score (nSPS) is 12.8. The Labute approximate surface area is 226 Å². The lowest BCUT2D eigenvalue weighted by Crippen LogP contribution is -2.03. The van der Waals surface area contributed by atoms with Gasteiger partial charge in [0.1, 0.15) is 10.9 Å². The van der Waals surface area contributed by atoms with Gasteiger partial charge in [-0.15, -0.1) is 0 Å². The number of benzene rings is 3. The summed E-state index contributed by atoms with van der Waals surface area (Å²) in [5, 5.41) is 4.64. The number of aromatic nitrogens is 3. The molecule has 1 atom stereocenters. The van der Waals surface area contributed by atoms with Crippen LogP contribution in [0.5, 0.6) is 0 Å². The Balaban J connectivity index is 1.27. The van der Waals surface area contributed by atoms with Crippen LogP contribution in [0.3, 0.4) is 0 Å². The zero-order chi connectivity index (χ0) is 24.8. The van der Waals surface area contributed by atoms with E-state index >= 15 is 0 Å². The number of hydrogen-bond acceptors (Lipinski definition) is 6. The highest BCUT2D eigenvalue weighted by molar-refractivity contribution is 8.05. The zero-order valence-electron chi connectivity index (χ0n) is 19.7. The van der Waals surface area contributed by atoms with Gasteiger partial charge in [-0.2, -0.15) is 0 Å². The van der Waals surface area contributed by atoms with Crippen LogP contribution in [-0.2, 0) is 6.42 Å². The summed E-state index contributed by atoms with van der Waals surface area (Å²) in [6.45, 7) is 0. The van der Waals surface area contributed by atoms with Crippen LogP contribution in [0, 0.1) is 0 Å². The first-order valence-electron chi connectivity index (χ1n) is 11.9. The SMILES string of the molecule is Nc1nc(Cc2ccccc2)c2nc(-c3cc[s+](-c4cccc5c4Sc4ccccc4S5)c3)ccc2n1. The van der Waals surface area contributed by atoms with Crippen LogP contribution in [0.2, 0.25) is 0 Å². The molecule has 0 fully saturated rings. The quantitative estimate of drug-likeness (QED) is 0.230. The number of thiophene rings is 1. The number of rotatable bonds is 4. The van der Waals surface area contributed by atoms with Crippen LogP contribution < -0.4 is 5.73 Å². The van der Waals surface area contributed by atoms with Gasteiger partial charge in [0.25, 0.3) is 0 Å². The number of nitrogens with two attached hydrogens (primary N) is 1. The van der Waals surface area contributed by atoms with E-state index in [4.69, 9.17) is 10.7 Å². The van der Waals surface area contributed by atoms with Crippen molar-refractivity contribution < 1.29 is 0 Å². The lowest BCUT2D eigenvalue weighted by atomic mass is 10.1. The van der Waals surface area contributed by atoms with Gasteiger partial charge in [0.2, 0.25) is 5.95 Å². The Hall–Kier alpha value is -3.65. The Bertz CT molecular complexity index is 1780. The maximum atomic E-state index is 6.03. The average molecular weight is 534 g/mol. The van der Waals surface area contributed by atoms with Crippen molar-refractivity contribution in [3.05, 3.63) is 113 Å². The highest BCUT2D eigenvalue weighted by atomic mass is 32.2. The largest absolute Gasteiger partial charge is 0.368 e. The molecular weight excluding hydrogens is 513 g/mol. The predicted octanol–water partition coefficient (Wildman–Crippen LogP) is 8.22. The molecule has 3 aromatic heterocycles. The predicted molar refractivity (Wildman–Crippen MR) is 155 cm³/mol. The van der Waals surface area contributed by atoms with Crippen molar-refractivity contribution in [1.29, 1.82) is 0 Å². The first kappa shape index (κ1) is 22.5. The Morgan fingerprint density at radius 3 is 2.35 bits per heavy atom. The van der Waals surface area contributed by atoms with Crippen molar-refractivity contribution in [2.75, 3.05) is 5.73 Å². The van der Waals surface area contributed by atoms with E-state index < -0.39 is 0 Å². The first-order chi connectivity index (χ1) is 18.2. The van der Waals surface area contributed by atoms with E-state index in [9.17, 15) is 0 Å². The van der Waals surface area contributed by atoms with E-state index in [1.165, 1.54) is 30.0 Å². The van der Waals surface area contributed by atoms with E-state index in [2.05, 4.69) is 81.4 Å². The number of nitrogens with zero attached hydrogens (tertiary/aromatic N) is 3. The van der Waals surface area contributed by atoms with Crippen molar-refractivity contribution in [2.24, 2.45) is 0 Å². The molecule has 7 rings (SSSR count). The smallest absolute Gasteiger partial charge is 0.220 e. The van der Waals surface area contributed by atoms with Crippen LogP contribution in [0.25, 0.3) is 27.2 Å². The van der Waals surface area contributed by atoms with Crippen molar-refractivity contribution >= 4 is 51.0 Å². The van der Waals surface area contributed by atoms with E-state index in [1.807, 2.05) is 53.9 Å². The molecule has 37 heavy (non-hydrogen) atoms. The summed E-state index contributed by atoms with van der Waals surface area (Å²) in [7, 11) is -0.130. The fraction of sp³-hybridized carbons (Fsp3) is 0.0333.